The minimum Gasteiger partial charge on any atom is -0.449 e. The summed E-state index contributed by atoms with van der Waals surface area (Å²) in [5.74, 6) is -1.51. The van der Waals surface area contributed by atoms with Crippen LogP contribution in [0.4, 0.5) is 4.79 Å². The van der Waals surface area contributed by atoms with E-state index in [4.69, 9.17) is 4.74 Å². The first-order chi connectivity index (χ1) is 18.4. The first kappa shape index (κ1) is 30.8. The summed E-state index contributed by atoms with van der Waals surface area (Å²) in [6.45, 7) is 4.31. The van der Waals surface area contributed by atoms with Crippen LogP contribution in [0.2, 0.25) is 0 Å². The van der Waals surface area contributed by atoms with Crippen molar-refractivity contribution in [3.8, 4) is 0 Å². The van der Waals surface area contributed by atoms with E-state index in [-0.39, 0.29) is 24.9 Å². The molecule has 0 bridgehead atoms. The molecule has 2 aliphatic rings. The average molecular weight is 568 g/mol. The van der Waals surface area contributed by atoms with Crippen LogP contribution >= 0.6 is 0 Å². The van der Waals surface area contributed by atoms with Gasteiger partial charge in [0.15, 0.2) is 0 Å². The smallest absolute Gasteiger partial charge is 0.407 e. The van der Waals surface area contributed by atoms with Gasteiger partial charge in [0.1, 0.15) is 12.6 Å². The number of ether oxygens (including phenoxy) is 1. The van der Waals surface area contributed by atoms with E-state index in [9.17, 15) is 32.5 Å². The fourth-order valence-electron chi connectivity index (χ4n) is 5.30. The predicted molar refractivity (Wildman–Crippen MR) is 144 cm³/mol. The third kappa shape index (κ3) is 9.18. The molecule has 218 valence electrons. The highest BCUT2D eigenvalue weighted by atomic mass is 32.2. The molecular weight excluding hydrogens is 526 g/mol. The number of hydrogen-bond acceptors (Lipinski definition) is 7. The SMILES string of the molecule is CC(C)(COC(=O)N[C@@H](CC1CCCCC1)C(=O)N[C@@H](C[C@@H]1CCNC1=O)C(O)S(=O)(=O)O)c1ccccc1. The maximum atomic E-state index is 13.4. The standard InChI is InChI=1S/C27H41N3O8S/c1-27(2,20-11-7-4-8-12-20)17-38-26(34)30-21(15-18-9-5-3-6-10-18)24(32)29-22(25(33)39(35,36)37)16-19-13-14-28-23(19)31/h4,7-8,11-12,18-19,21-22,25,33H,3,5-6,9-10,13-17H2,1-2H3,(H,28,31)(H,29,32)(H,30,34)(H,35,36,37)/t19-,21-,22-,25?/m0/s1. The number of aliphatic hydroxyl groups is 1. The van der Waals surface area contributed by atoms with E-state index in [1.807, 2.05) is 44.2 Å². The van der Waals surface area contributed by atoms with Gasteiger partial charge in [0.05, 0.1) is 6.04 Å². The Balaban J connectivity index is 1.71. The van der Waals surface area contributed by atoms with Gasteiger partial charge in [-0.2, -0.15) is 8.42 Å². The second kappa shape index (κ2) is 13.6. The van der Waals surface area contributed by atoms with Gasteiger partial charge < -0.3 is 25.8 Å². The van der Waals surface area contributed by atoms with Gasteiger partial charge in [-0.3, -0.25) is 14.1 Å². The fraction of sp³-hybridized carbons (Fsp3) is 0.667. The zero-order valence-electron chi connectivity index (χ0n) is 22.6. The van der Waals surface area contributed by atoms with Crippen LogP contribution in [0.5, 0.6) is 0 Å². The van der Waals surface area contributed by atoms with Crippen LogP contribution in [0.1, 0.15) is 70.8 Å². The summed E-state index contributed by atoms with van der Waals surface area (Å²) >= 11 is 0. The monoisotopic (exact) mass is 567 g/mol. The summed E-state index contributed by atoms with van der Waals surface area (Å²) in [5.41, 5.74) is -1.83. The van der Waals surface area contributed by atoms with Gasteiger partial charge in [0.25, 0.3) is 10.1 Å². The van der Waals surface area contributed by atoms with Crippen molar-refractivity contribution in [2.24, 2.45) is 11.8 Å². The summed E-state index contributed by atoms with van der Waals surface area (Å²) < 4.78 is 38.4. The van der Waals surface area contributed by atoms with Gasteiger partial charge in [-0.05, 0) is 30.7 Å². The molecule has 12 heteroatoms. The molecule has 4 atom stereocenters. The fourth-order valence-corrected chi connectivity index (χ4v) is 5.90. The first-order valence-corrected chi connectivity index (χ1v) is 15.1. The van der Waals surface area contributed by atoms with Crippen molar-refractivity contribution >= 4 is 28.0 Å². The van der Waals surface area contributed by atoms with Crippen molar-refractivity contribution in [1.82, 2.24) is 16.0 Å². The lowest BCUT2D eigenvalue weighted by Crippen LogP contribution is -2.55. The molecule has 1 aromatic carbocycles. The normalized spacial score (nSPS) is 20.9. The third-order valence-electron chi connectivity index (χ3n) is 7.70. The highest BCUT2D eigenvalue weighted by Gasteiger charge is 2.38. The van der Waals surface area contributed by atoms with Crippen LogP contribution < -0.4 is 16.0 Å². The second-order valence-electron chi connectivity index (χ2n) is 11.3. The second-order valence-corrected chi connectivity index (χ2v) is 12.8. The minimum absolute atomic E-state index is 0.0570. The van der Waals surface area contributed by atoms with Crippen LogP contribution in [0.25, 0.3) is 0 Å². The zero-order valence-corrected chi connectivity index (χ0v) is 23.4. The molecular formula is C27H41N3O8S. The van der Waals surface area contributed by atoms with Gasteiger partial charge in [0, 0.05) is 17.9 Å². The summed E-state index contributed by atoms with van der Waals surface area (Å²) in [4.78, 5) is 38.3. The predicted octanol–water partition coefficient (Wildman–Crippen LogP) is 2.25. The first-order valence-electron chi connectivity index (χ1n) is 13.6. The van der Waals surface area contributed by atoms with Crippen molar-refractivity contribution in [2.45, 2.75) is 88.1 Å². The number of rotatable bonds is 12. The van der Waals surface area contributed by atoms with E-state index < -0.39 is 51.0 Å². The van der Waals surface area contributed by atoms with E-state index in [1.54, 1.807) is 0 Å². The largest absolute Gasteiger partial charge is 0.449 e. The molecule has 2 fully saturated rings. The molecule has 1 unspecified atom stereocenters. The quantitative estimate of drug-likeness (QED) is 0.239. The van der Waals surface area contributed by atoms with E-state index in [0.717, 1.165) is 37.7 Å². The molecule has 0 radical (unpaired) electrons. The molecule has 1 saturated heterocycles. The minimum atomic E-state index is -4.94. The van der Waals surface area contributed by atoms with Crippen LogP contribution in [0.15, 0.2) is 30.3 Å². The number of amides is 3. The van der Waals surface area contributed by atoms with Gasteiger partial charge in [-0.25, -0.2) is 4.79 Å². The summed E-state index contributed by atoms with van der Waals surface area (Å²) in [6, 6.07) is 7.05. The van der Waals surface area contributed by atoms with Gasteiger partial charge >= 0.3 is 6.09 Å². The molecule has 0 aromatic heterocycles. The Kier molecular flexibility index (Phi) is 10.7. The van der Waals surface area contributed by atoms with Crippen LogP contribution in [-0.2, 0) is 29.9 Å². The molecule has 1 aliphatic heterocycles. The summed E-state index contributed by atoms with van der Waals surface area (Å²) in [5, 5.41) is 18.1. The molecule has 1 aliphatic carbocycles. The van der Waals surface area contributed by atoms with Crippen LogP contribution in [0.3, 0.4) is 0 Å². The Morgan fingerprint density at radius 3 is 2.33 bits per heavy atom. The molecule has 1 saturated carbocycles. The number of hydrogen-bond donors (Lipinski definition) is 5. The highest BCUT2D eigenvalue weighted by molar-refractivity contribution is 7.86. The molecule has 5 N–H and O–H groups in total. The number of alkyl carbamates (subject to hydrolysis) is 1. The lowest BCUT2D eigenvalue weighted by molar-refractivity contribution is -0.126. The topological polar surface area (TPSA) is 171 Å². The Bertz CT molecular complexity index is 1090. The molecule has 1 aromatic rings. The lowest BCUT2D eigenvalue weighted by atomic mass is 9.84. The van der Waals surface area contributed by atoms with Crippen molar-refractivity contribution in [3.05, 3.63) is 35.9 Å². The van der Waals surface area contributed by atoms with E-state index >= 15 is 0 Å². The van der Waals surface area contributed by atoms with Crippen molar-refractivity contribution in [1.29, 1.82) is 0 Å². The van der Waals surface area contributed by atoms with Crippen molar-refractivity contribution in [3.63, 3.8) is 0 Å². The van der Waals surface area contributed by atoms with Gasteiger partial charge in [-0.1, -0.05) is 76.3 Å². The summed E-state index contributed by atoms with van der Waals surface area (Å²) in [6.07, 6.45) is 4.62. The van der Waals surface area contributed by atoms with Crippen LogP contribution in [0, 0.1) is 11.8 Å². The molecule has 3 rings (SSSR count). The zero-order chi connectivity index (χ0) is 28.6. The Morgan fingerprint density at radius 2 is 1.74 bits per heavy atom. The molecule has 1 heterocycles. The number of carbonyl (C=O) groups excluding carboxylic acids is 3. The van der Waals surface area contributed by atoms with Gasteiger partial charge in [-0.15, -0.1) is 0 Å². The van der Waals surface area contributed by atoms with Crippen LogP contribution in [-0.4, -0.2) is 66.7 Å². The Labute approximate surface area is 230 Å². The lowest BCUT2D eigenvalue weighted by Gasteiger charge is -2.30. The third-order valence-corrected chi connectivity index (χ3v) is 8.64. The summed E-state index contributed by atoms with van der Waals surface area (Å²) in [7, 11) is -4.94. The number of carbonyl (C=O) groups is 3. The Hall–Kier alpha value is -2.70. The molecule has 0 spiro atoms. The highest BCUT2D eigenvalue weighted by Crippen LogP contribution is 2.28. The van der Waals surface area contributed by atoms with Gasteiger partial charge in [0.2, 0.25) is 17.3 Å². The number of aliphatic hydroxyl groups excluding tert-OH is 1. The number of benzene rings is 1. The maximum absolute atomic E-state index is 13.4. The van der Waals surface area contributed by atoms with Crippen molar-refractivity contribution < 1.29 is 37.2 Å². The molecule has 39 heavy (non-hydrogen) atoms. The van der Waals surface area contributed by atoms with E-state index in [2.05, 4.69) is 16.0 Å². The average Bonchev–Trinajstić information content (AvgIpc) is 3.31. The molecule has 3 amide bonds. The number of nitrogens with one attached hydrogen (secondary N) is 3. The van der Waals surface area contributed by atoms with E-state index in [1.165, 1.54) is 0 Å². The van der Waals surface area contributed by atoms with E-state index in [0.29, 0.717) is 19.4 Å². The maximum Gasteiger partial charge on any atom is 0.407 e. The molecule has 11 nitrogen and oxygen atoms in total. The van der Waals surface area contributed by atoms with Crippen molar-refractivity contribution in [2.75, 3.05) is 13.2 Å². The Morgan fingerprint density at radius 1 is 1.08 bits per heavy atom.